The first kappa shape index (κ1) is 15.8. The third kappa shape index (κ3) is 2.78. The maximum atomic E-state index is 13.3. The van der Waals surface area contributed by atoms with Crippen molar-refractivity contribution in [2.24, 2.45) is 0 Å². The van der Waals surface area contributed by atoms with E-state index in [0.717, 1.165) is 37.4 Å². The van der Waals surface area contributed by atoms with Crippen molar-refractivity contribution in [2.45, 2.75) is 13.0 Å². The number of carbonyl (C=O) groups is 1. The Morgan fingerprint density at radius 2 is 1.92 bits per heavy atom. The average molecular weight is 339 g/mol. The molecule has 0 spiro atoms. The predicted molar refractivity (Wildman–Crippen MR) is 92.8 cm³/mol. The zero-order valence-corrected chi connectivity index (χ0v) is 14.4. The molecule has 0 bridgehead atoms. The van der Waals surface area contributed by atoms with Crippen LogP contribution in [0.25, 0.3) is 0 Å². The van der Waals surface area contributed by atoms with Gasteiger partial charge in [0, 0.05) is 44.3 Å². The number of allylic oxidation sites excluding steroid dienone is 1. The fourth-order valence-corrected chi connectivity index (χ4v) is 3.40. The van der Waals surface area contributed by atoms with Crippen molar-refractivity contribution in [1.82, 2.24) is 29.5 Å². The maximum absolute atomic E-state index is 13.3. The smallest absolute Gasteiger partial charge is 0.254 e. The third-order valence-corrected chi connectivity index (χ3v) is 4.84. The summed E-state index contributed by atoms with van der Waals surface area (Å²) in [7, 11) is 2.08. The van der Waals surface area contributed by atoms with Crippen LogP contribution in [-0.4, -0.2) is 68.7 Å². The van der Waals surface area contributed by atoms with Crippen molar-refractivity contribution in [2.75, 3.05) is 38.5 Å². The Kier molecular flexibility index (Phi) is 3.96. The molecule has 1 fully saturated rings. The Hall–Kier alpha value is -2.74. The highest BCUT2D eigenvalue weighted by Gasteiger charge is 2.35. The van der Waals surface area contributed by atoms with E-state index in [-0.39, 0.29) is 11.9 Å². The second-order valence-electron chi connectivity index (χ2n) is 6.47. The van der Waals surface area contributed by atoms with Gasteiger partial charge in [0.15, 0.2) is 0 Å². The molecular formula is C17H21N7O. The summed E-state index contributed by atoms with van der Waals surface area (Å²) in [6, 6.07) is 3.55. The molecule has 8 nitrogen and oxygen atoms in total. The van der Waals surface area contributed by atoms with Crippen LogP contribution in [0.4, 0.5) is 5.95 Å². The van der Waals surface area contributed by atoms with E-state index in [2.05, 4.69) is 32.3 Å². The number of carbonyl (C=O) groups excluding carboxylic acids is 1. The van der Waals surface area contributed by atoms with E-state index < -0.39 is 0 Å². The predicted octanol–water partition coefficient (Wildman–Crippen LogP) is 0.736. The molecule has 2 aromatic heterocycles. The van der Waals surface area contributed by atoms with E-state index in [1.165, 1.54) is 6.33 Å². The van der Waals surface area contributed by atoms with E-state index in [1.54, 1.807) is 17.1 Å². The highest BCUT2D eigenvalue weighted by Crippen LogP contribution is 2.35. The second kappa shape index (κ2) is 6.29. The monoisotopic (exact) mass is 339 g/mol. The van der Waals surface area contributed by atoms with Gasteiger partial charge in [0.1, 0.15) is 12.4 Å². The van der Waals surface area contributed by atoms with Gasteiger partial charge < -0.3 is 15.1 Å². The third-order valence-electron chi connectivity index (χ3n) is 4.84. The number of nitrogens with zero attached hydrogens (tertiary/aromatic N) is 6. The molecule has 0 saturated carbocycles. The van der Waals surface area contributed by atoms with Crippen LogP contribution in [0.5, 0.6) is 0 Å². The molecule has 0 aromatic carbocycles. The number of likely N-dealkylation sites (N-methyl/N-ethyl adjacent to an activating group) is 1. The average Bonchev–Trinajstić information content (AvgIpc) is 3.09. The number of nitrogens with one attached hydrogen (secondary N) is 1. The molecule has 1 saturated heterocycles. The Balaban J connectivity index is 1.74. The highest BCUT2D eigenvalue weighted by atomic mass is 16.2. The van der Waals surface area contributed by atoms with Gasteiger partial charge in [-0.2, -0.15) is 10.1 Å². The zero-order chi connectivity index (χ0) is 17.4. The van der Waals surface area contributed by atoms with Gasteiger partial charge in [0.25, 0.3) is 5.91 Å². The lowest BCUT2D eigenvalue weighted by atomic mass is 9.95. The van der Waals surface area contributed by atoms with Gasteiger partial charge in [-0.05, 0) is 31.7 Å². The number of amides is 1. The molecule has 130 valence electrons. The van der Waals surface area contributed by atoms with Crippen molar-refractivity contribution >= 4 is 11.9 Å². The lowest BCUT2D eigenvalue weighted by molar-refractivity contribution is -0.129. The quantitative estimate of drug-likeness (QED) is 0.869. The van der Waals surface area contributed by atoms with Gasteiger partial charge in [0.2, 0.25) is 5.95 Å². The summed E-state index contributed by atoms with van der Waals surface area (Å²) in [6.45, 7) is 5.18. The Morgan fingerprint density at radius 3 is 2.64 bits per heavy atom. The first-order valence-corrected chi connectivity index (χ1v) is 8.40. The maximum Gasteiger partial charge on any atom is 0.254 e. The van der Waals surface area contributed by atoms with E-state index in [9.17, 15) is 4.79 Å². The number of fused-ring (bicyclic) bond motifs is 1. The summed E-state index contributed by atoms with van der Waals surface area (Å²) >= 11 is 0. The van der Waals surface area contributed by atoms with Gasteiger partial charge in [-0.3, -0.25) is 9.78 Å². The number of aromatic nitrogens is 4. The van der Waals surface area contributed by atoms with Gasteiger partial charge in [-0.15, -0.1) is 0 Å². The van der Waals surface area contributed by atoms with Crippen molar-refractivity contribution < 1.29 is 4.79 Å². The number of pyridine rings is 1. The normalized spacial score (nSPS) is 21.0. The number of anilines is 1. The van der Waals surface area contributed by atoms with Gasteiger partial charge in [-0.25, -0.2) is 4.68 Å². The van der Waals surface area contributed by atoms with Gasteiger partial charge in [-0.1, -0.05) is 0 Å². The highest BCUT2D eigenvalue weighted by molar-refractivity contribution is 5.96. The van der Waals surface area contributed by atoms with Crippen molar-refractivity contribution in [3.8, 4) is 0 Å². The van der Waals surface area contributed by atoms with E-state index in [1.807, 2.05) is 24.0 Å². The minimum atomic E-state index is -0.297. The largest absolute Gasteiger partial charge is 0.336 e. The van der Waals surface area contributed by atoms with E-state index >= 15 is 0 Å². The Labute approximate surface area is 146 Å². The lowest BCUT2D eigenvalue weighted by Gasteiger charge is -2.36. The molecule has 1 N–H and O–H groups in total. The summed E-state index contributed by atoms with van der Waals surface area (Å²) in [6.07, 6.45) is 4.98. The summed E-state index contributed by atoms with van der Waals surface area (Å²) < 4.78 is 1.77. The van der Waals surface area contributed by atoms with Crippen molar-refractivity contribution in [3.63, 3.8) is 0 Å². The second-order valence-corrected chi connectivity index (χ2v) is 6.47. The van der Waals surface area contributed by atoms with Crippen LogP contribution < -0.4 is 5.32 Å². The molecule has 4 heterocycles. The number of hydrogen-bond acceptors (Lipinski definition) is 6. The molecule has 0 unspecified atom stereocenters. The molecule has 4 rings (SSSR count). The standard InChI is InChI=1S/C17H21N7O/c1-12-14(16(25)23-9-7-22(2)8-10-23)15(13-3-5-18-6-4-13)24-17(21-12)19-11-20-24/h3-6,11,15H,7-10H2,1-2H3,(H,19,20,21)/t15-/m1/s1. The summed E-state index contributed by atoms with van der Waals surface area (Å²) in [5.41, 5.74) is 2.51. The van der Waals surface area contributed by atoms with Gasteiger partial charge in [0.05, 0.1) is 5.57 Å². The molecule has 2 aromatic rings. The minimum absolute atomic E-state index is 0.0565. The number of hydrogen-bond donors (Lipinski definition) is 1. The summed E-state index contributed by atoms with van der Waals surface area (Å²) in [4.78, 5) is 25.8. The summed E-state index contributed by atoms with van der Waals surface area (Å²) in [5, 5.41) is 7.56. The molecule has 2 aliphatic rings. The van der Waals surface area contributed by atoms with Crippen LogP contribution in [0.15, 0.2) is 42.1 Å². The van der Waals surface area contributed by atoms with Crippen molar-refractivity contribution in [3.05, 3.63) is 47.7 Å². The summed E-state index contributed by atoms with van der Waals surface area (Å²) in [5.74, 6) is 0.704. The topological polar surface area (TPSA) is 79.2 Å². The molecule has 1 amide bonds. The minimum Gasteiger partial charge on any atom is -0.336 e. The number of piperazine rings is 1. The van der Waals surface area contributed by atoms with Crippen LogP contribution in [0.3, 0.4) is 0 Å². The van der Waals surface area contributed by atoms with Crippen molar-refractivity contribution in [1.29, 1.82) is 0 Å². The molecule has 0 aliphatic carbocycles. The van der Waals surface area contributed by atoms with Crippen LogP contribution >= 0.6 is 0 Å². The van der Waals surface area contributed by atoms with Crippen LogP contribution in [-0.2, 0) is 4.79 Å². The molecule has 8 heteroatoms. The van der Waals surface area contributed by atoms with Crippen LogP contribution in [0.2, 0.25) is 0 Å². The molecule has 1 atom stereocenters. The van der Waals surface area contributed by atoms with Gasteiger partial charge >= 0.3 is 0 Å². The fourth-order valence-electron chi connectivity index (χ4n) is 3.40. The van der Waals surface area contributed by atoms with E-state index in [0.29, 0.717) is 11.5 Å². The molecule has 25 heavy (non-hydrogen) atoms. The SMILES string of the molecule is CC1=C(C(=O)N2CCN(C)CC2)[C@@H](c2ccncc2)n2ncnc2N1. The zero-order valence-electron chi connectivity index (χ0n) is 14.4. The van der Waals surface area contributed by atoms with Crippen LogP contribution in [0, 0.1) is 0 Å². The molecule has 2 aliphatic heterocycles. The van der Waals surface area contributed by atoms with Crippen LogP contribution in [0.1, 0.15) is 18.5 Å². The molecule has 0 radical (unpaired) electrons. The fraction of sp³-hybridized carbons (Fsp3) is 0.412. The Morgan fingerprint density at radius 1 is 1.20 bits per heavy atom. The first-order valence-electron chi connectivity index (χ1n) is 8.40. The molecular weight excluding hydrogens is 318 g/mol. The Bertz CT molecular complexity index is 805. The first-order chi connectivity index (χ1) is 12.1. The number of rotatable bonds is 2. The lowest BCUT2D eigenvalue weighted by Crippen LogP contribution is -2.49. The van der Waals surface area contributed by atoms with E-state index in [4.69, 9.17) is 0 Å².